The van der Waals surface area contributed by atoms with Gasteiger partial charge < -0.3 is 9.32 Å². The van der Waals surface area contributed by atoms with Gasteiger partial charge in [0.2, 0.25) is 15.9 Å². The third-order valence-electron chi connectivity index (χ3n) is 5.67. The molecule has 4 rings (SSSR count). The average molecular weight is 476 g/mol. The third-order valence-corrected chi connectivity index (χ3v) is 7.56. The van der Waals surface area contributed by atoms with E-state index < -0.39 is 21.7 Å². The van der Waals surface area contributed by atoms with Crippen molar-refractivity contribution in [2.45, 2.75) is 30.8 Å². The van der Waals surface area contributed by atoms with Crippen LogP contribution in [0.1, 0.15) is 24.2 Å². The van der Waals surface area contributed by atoms with Crippen molar-refractivity contribution in [1.29, 1.82) is 0 Å². The molecular formula is C23H23F2N3O4S. The standard InChI is InChI=1S/C23H23F2N3O4S/c24-21-6-5-20(13-22(21)25)33(30,31)28-10-7-18(8-11-28)23(29)27(16-19-4-2-12-32-19)15-17-3-1-9-26-14-17/h1-6,9,12-14,18H,7-8,10-11,15-16H2. The van der Waals surface area contributed by atoms with Gasteiger partial charge in [-0.2, -0.15) is 4.31 Å². The molecule has 0 N–H and O–H groups in total. The second-order valence-electron chi connectivity index (χ2n) is 7.89. The lowest BCUT2D eigenvalue weighted by Gasteiger charge is -2.33. The maximum absolute atomic E-state index is 13.5. The lowest BCUT2D eigenvalue weighted by atomic mass is 9.96. The van der Waals surface area contributed by atoms with E-state index in [1.807, 2.05) is 6.07 Å². The van der Waals surface area contributed by atoms with Gasteiger partial charge in [0.15, 0.2) is 11.6 Å². The number of benzene rings is 1. The van der Waals surface area contributed by atoms with Gasteiger partial charge in [-0.3, -0.25) is 9.78 Å². The van der Waals surface area contributed by atoms with Crippen LogP contribution < -0.4 is 0 Å². The highest BCUT2D eigenvalue weighted by Crippen LogP contribution is 2.27. The molecule has 0 radical (unpaired) electrons. The Morgan fingerprint density at radius 2 is 1.88 bits per heavy atom. The number of nitrogens with zero attached hydrogens (tertiary/aromatic N) is 3. The van der Waals surface area contributed by atoms with Crippen LogP contribution >= 0.6 is 0 Å². The fourth-order valence-corrected chi connectivity index (χ4v) is 5.38. The molecule has 1 fully saturated rings. The van der Waals surface area contributed by atoms with Gasteiger partial charge in [0.25, 0.3) is 0 Å². The maximum Gasteiger partial charge on any atom is 0.243 e. The van der Waals surface area contributed by atoms with Gasteiger partial charge in [0.05, 0.1) is 17.7 Å². The highest BCUT2D eigenvalue weighted by Gasteiger charge is 2.34. The first-order valence-corrected chi connectivity index (χ1v) is 11.9. The van der Waals surface area contributed by atoms with Crippen LogP contribution in [-0.4, -0.2) is 41.6 Å². The summed E-state index contributed by atoms with van der Waals surface area (Å²) in [6.45, 7) is 0.854. The Hall–Kier alpha value is -3.11. The summed E-state index contributed by atoms with van der Waals surface area (Å²) in [6.07, 6.45) is 5.54. The number of carbonyl (C=O) groups is 1. The summed E-state index contributed by atoms with van der Waals surface area (Å²) in [5.41, 5.74) is 0.871. The zero-order valence-corrected chi connectivity index (χ0v) is 18.5. The van der Waals surface area contributed by atoms with Crippen molar-refractivity contribution in [2.24, 2.45) is 5.92 Å². The van der Waals surface area contributed by atoms with Crippen LogP contribution in [0.2, 0.25) is 0 Å². The molecule has 1 aromatic carbocycles. The molecule has 7 nitrogen and oxygen atoms in total. The molecular weight excluding hydrogens is 452 g/mol. The molecule has 0 unspecified atom stereocenters. The zero-order chi connectivity index (χ0) is 23.4. The van der Waals surface area contributed by atoms with Crippen LogP contribution in [0.25, 0.3) is 0 Å². The normalized spacial score (nSPS) is 15.5. The number of amides is 1. The topological polar surface area (TPSA) is 83.7 Å². The number of sulfonamides is 1. The zero-order valence-electron chi connectivity index (χ0n) is 17.7. The Bertz CT molecular complexity index is 1200. The van der Waals surface area contributed by atoms with Crippen LogP contribution in [0.15, 0.2) is 70.4 Å². The number of carbonyl (C=O) groups excluding carboxylic acids is 1. The minimum Gasteiger partial charge on any atom is -0.467 e. The van der Waals surface area contributed by atoms with Gasteiger partial charge >= 0.3 is 0 Å². The van der Waals surface area contributed by atoms with Crippen LogP contribution in [-0.2, 0) is 27.9 Å². The molecule has 2 aromatic heterocycles. The Morgan fingerprint density at radius 1 is 1.09 bits per heavy atom. The molecule has 0 saturated carbocycles. The van der Waals surface area contributed by atoms with E-state index in [-0.39, 0.29) is 36.4 Å². The van der Waals surface area contributed by atoms with Gasteiger partial charge in [-0.1, -0.05) is 6.07 Å². The Morgan fingerprint density at radius 3 is 2.52 bits per heavy atom. The van der Waals surface area contributed by atoms with Gasteiger partial charge in [-0.15, -0.1) is 0 Å². The average Bonchev–Trinajstić information content (AvgIpc) is 3.34. The Kier molecular flexibility index (Phi) is 6.85. The number of pyridine rings is 1. The number of aromatic nitrogens is 1. The van der Waals surface area contributed by atoms with Crippen molar-refractivity contribution in [3.8, 4) is 0 Å². The molecule has 0 bridgehead atoms. The first-order valence-electron chi connectivity index (χ1n) is 10.5. The lowest BCUT2D eigenvalue weighted by molar-refractivity contribution is -0.138. The van der Waals surface area contributed by atoms with Crippen molar-refractivity contribution >= 4 is 15.9 Å². The number of piperidine rings is 1. The van der Waals surface area contributed by atoms with Crippen molar-refractivity contribution in [3.05, 3.63) is 84.1 Å². The predicted octanol–water partition coefficient (Wildman–Crippen LogP) is 3.58. The molecule has 33 heavy (non-hydrogen) atoms. The molecule has 3 aromatic rings. The fraction of sp³-hybridized carbons (Fsp3) is 0.304. The molecule has 3 heterocycles. The molecule has 0 aliphatic carbocycles. The lowest BCUT2D eigenvalue weighted by Crippen LogP contribution is -2.44. The Balaban J connectivity index is 1.45. The van der Waals surface area contributed by atoms with Crippen LogP contribution in [0, 0.1) is 17.6 Å². The van der Waals surface area contributed by atoms with E-state index in [9.17, 15) is 22.0 Å². The highest BCUT2D eigenvalue weighted by atomic mass is 32.2. The summed E-state index contributed by atoms with van der Waals surface area (Å²) in [4.78, 5) is 18.8. The summed E-state index contributed by atoms with van der Waals surface area (Å²) < 4.78 is 59.0. The summed E-state index contributed by atoms with van der Waals surface area (Å²) >= 11 is 0. The predicted molar refractivity (Wildman–Crippen MR) is 115 cm³/mol. The number of hydrogen-bond acceptors (Lipinski definition) is 5. The van der Waals surface area contributed by atoms with Crippen LogP contribution in [0.5, 0.6) is 0 Å². The summed E-state index contributed by atoms with van der Waals surface area (Å²) in [7, 11) is -3.98. The monoisotopic (exact) mass is 475 g/mol. The Labute approximate surface area is 190 Å². The molecule has 10 heteroatoms. The number of halogens is 2. The highest BCUT2D eigenvalue weighted by molar-refractivity contribution is 7.89. The van der Waals surface area contributed by atoms with E-state index in [1.54, 1.807) is 41.8 Å². The molecule has 174 valence electrons. The van der Waals surface area contributed by atoms with Crippen molar-refractivity contribution in [3.63, 3.8) is 0 Å². The van der Waals surface area contributed by atoms with Gasteiger partial charge in [0.1, 0.15) is 5.76 Å². The van der Waals surface area contributed by atoms with Crippen molar-refractivity contribution < 1.29 is 26.4 Å². The van der Waals surface area contributed by atoms with Crippen molar-refractivity contribution in [2.75, 3.05) is 13.1 Å². The minimum absolute atomic E-state index is 0.0971. The summed E-state index contributed by atoms with van der Waals surface area (Å²) in [6, 6.07) is 9.75. The quantitative estimate of drug-likeness (QED) is 0.522. The van der Waals surface area contributed by atoms with Crippen LogP contribution in [0.3, 0.4) is 0 Å². The van der Waals surface area contributed by atoms with E-state index >= 15 is 0 Å². The van der Waals surface area contributed by atoms with E-state index in [0.717, 1.165) is 17.7 Å². The van der Waals surface area contributed by atoms with E-state index in [2.05, 4.69) is 4.98 Å². The fourth-order valence-electron chi connectivity index (χ4n) is 3.90. The first-order chi connectivity index (χ1) is 15.8. The second kappa shape index (κ2) is 9.80. The summed E-state index contributed by atoms with van der Waals surface area (Å²) in [5.74, 6) is -2.15. The van der Waals surface area contributed by atoms with Gasteiger partial charge in [-0.25, -0.2) is 17.2 Å². The molecule has 0 spiro atoms. The minimum atomic E-state index is -3.98. The SMILES string of the molecule is O=C(C1CCN(S(=O)(=O)c2ccc(F)c(F)c2)CC1)N(Cc1cccnc1)Cc1ccco1. The third kappa shape index (κ3) is 5.28. The first kappa shape index (κ1) is 23.1. The van der Waals surface area contributed by atoms with E-state index in [4.69, 9.17) is 4.42 Å². The van der Waals surface area contributed by atoms with Crippen molar-refractivity contribution in [1.82, 2.24) is 14.2 Å². The second-order valence-corrected chi connectivity index (χ2v) is 9.83. The molecule has 0 atom stereocenters. The number of hydrogen-bond donors (Lipinski definition) is 0. The molecule has 1 amide bonds. The molecule has 1 aliphatic rings. The van der Waals surface area contributed by atoms with Gasteiger partial charge in [-0.05, 0) is 54.8 Å². The van der Waals surface area contributed by atoms with E-state index in [0.29, 0.717) is 31.2 Å². The smallest absolute Gasteiger partial charge is 0.243 e. The number of rotatable bonds is 7. The summed E-state index contributed by atoms with van der Waals surface area (Å²) in [5, 5.41) is 0. The molecule has 1 saturated heterocycles. The van der Waals surface area contributed by atoms with Gasteiger partial charge in [0, 0.05) is 37.9 Å². The largest absolute Gasteiger partial charge is 0.467 e. The molecule has 1 aliphatic heterocycles. The van der Waals surface area contributed by atoms with Crippen LogP contribution in [0.4, 0.5) is 8.78 Å². The number of furan rings is 1. The van der Waals surface area contributed by atoms with E-state index in [1.165, 1.54) is 4.31 Å². The maximum atomic E-state index is 13.5.